The van der Waals surface area contributed by atoms with Crippen LogP contribution < -0.4 is 15.2 Å². The summed E-state index contributed by atoms with van der Waals surface area (Å²) in [4.78, 5) is 3.94. The van der Waals surface area contributed by atoms with Gasteiger partial charge < -0.3 is 20.4 Å². The van der Waals surface area contributed by atoms with Crippen molar-refractivity contribution in [1.29, 1.82) is 0 Å². The van der Waals surface area contributed by atoms with Crippen LogP contribution in [-0.2, 0) is 6.61 Å². The number of hydrogen-bond acceptors (Lipinski definition) is 5. The second kappa shape index (κ2) is 6.81. The smallest absolute Gasteiger partial charge is 0.173 e. The molecule has 0 atom stereocenters. The van der Waals surface area contributed by atoms with Gasteiger partial charge in [-0.25, -0.2) is 0 Å². The zero-order chi connectivity index (χ0) is 15.2. The van der Waals surface area contributed by atoms with Crippen molar-refractivity contribution >= 4 is 17.4 Å². The van der Waals surface area contributed by atoms with E-state index in [1.54, 1.807) is 30.5 Å². The molecule has 3 N–H and O–H groups in total. The molecule has 0 bridgehead atoms. The lowest BCUT2D eigenvalue weighted by atomic mass is 10.1. The van der Waals surface area contributed by atoms with E-state index in [1.807, 2.05) is 0 Å². The lowest BCUT2D eigenvalue weighted by Gasteiger charge is -2.10. The molecular weight excluding hydrogens is 294 g/mol. The van der Waals surface area contributed by atoms with Gasteiger partial charge in [-0.1, -0.05) is 22.8 Å². The minimum atomic E-state index is -0.0154. The topological polar surface area (TPSA) is 90.0 Å². The predicted octanol–water partition coefficient (Wildman–Crippen LogP) is 2.42. The van der Waals surface area contributed by atoms with Crippen LogP contribution in [0.3, 0.4) is 0 Å². The number of halogens is 1. The zero-order valence-corrected chi connectivity index (χ0v) is 12.0. The summed E-state index contributed by atoms with van der Waals surface area (Å²) >= 11 is 5.83. The molecule has 21 heavy (non-hydrogen) atoms. The summed E-state index contributed by atoms with van der Waals surface area (Å²) < 4.78 is 10.8. The molecule has 0 aliphatic carbocycles. The Morgan fingerprint density at radius 2 is 2.19 bits per heavy atom. The molecule has 1 aromatic carbocycles. The number of oxime groups is 1. The number of rotatable bonds is 5. The van der Waals surface area contributed by atoms with Crippen LogP contribution in [0.1, 0.15) is 11.1 Å². The van der Waals surface area contributed by atoms with Gasteiger partial charge in [-0.15, -0.1) is 0 Å². The van der Waals surface area contributed by atoms with Gasteiger partial charge in [0.25, 0.3) is 0 Å². The van der Waals surface area contributed by atoms with E-state index in [2.05, 4.69) is 10.1 Å². The van der Waals surface area contributed by atoms with Gasteiger partial charge in [0.05, 0.1) is 23.9 Å². The van der Waals surface area contributed by atoms with E-state index >= 15 is 0 Å². The lowest BCUT2D eigenvalue weighted by molar-refractivity contribution is 0.304. The fourth-order valence-corrected chi connectivity index (χ4v) is 1.89. The van der Waals surface area contributed by atoms with Crippen molar-refractivity contribution in [2.75, 3.05) is 7.11 Å². The van der Waals surface area contributed by atoms with Gasteiger partial charge in [0, 0.05) is 12.3 Å². The summed E-state index contributed by atoms with van der Waals surface area (Å²) in [6.07, 6.45) is 3.11. The Morgan fingerprint density at radius 3 is 2.86 bits per heavy atom. The number of aromatic nitrogens is 1. The molecule has 0 aliphatic rings. The molecule has 0 saturated carbocycles. The SMILES string of the molecule is COc1cc(COc2cncc(Cl)c2)ccc1/C(N)=N/O. The summed E-state index contributed by atoms with van der Waals surface area (Å²) in [7, 11) is 1.51. The molecule has 0 aliphatic heterocycles. The number of amidine groups is 1. The third-order valence-electron chi connectivity index (χ3n) is 2.73. The van der Waals surface area contributed by atoms with Crippen molar-refractivity contribution in [3.8, 4) is 11.5 Å². The summed E-state index contributed by atoms with van der Waals surface area (Å²) in [5, 5.41) is 12.2. The Labute approximate surface area is 126 Å². The van der Waals surface area contributed by atoms with E-state index < -0.39 is 0 Å². The van der Waals surface area contributed by atoms with Crippen molar-refractivity contribution in [2.24, 2.45) is 10.9 Å². The van der Waals surface area contributed by atoms with Crippen LogP contribution in [0.15, 0.2) is 41.8 Å². The first-order valence-corrected chi connectivity index (χ1v) is 6.40. The minimum Gasteiger partial charge on any atom is -0.496 e. The maximum Gasteiger partial charge on any atom is 0.173 e. The fourth-order valence-electron chi connectivity index (χ4n) is 1.73. The van der Waals surface area contributed by atoms with Crippen molar-refractivity contribution in [3.05, 3.63) is 52.8 Å². The molecule has 0 saturated heterocycles. The second-order valence-corrected chi connectivity index (χ2v) is 4.58. The van der Waals surface area contributed by atoms with Crippen LogP contribution in [0.5, 0.6) is 11.5 Å². The molecule has 0 unspecified atom stereocenters. The molecule has 6 nitrogen and oxygen atoms in total. The van der Waals surface area contributed by atoms with Crippen LogP contribution >= 0.6 is 11.6 Å². The van der Waals surface area contributed by atoms with Crippen LogP contribution in [-0.4, -0.2) is 23.1 Å². The minimum absolute atomic E-state index is 0.0154. The quantitative estimate of drug-likeness (QED) is 0.383. The molecule has 7 heteroatoms. The average Bonchev–Trinajstić information content (AvgIpc) is 2.52. The second-order valence-electron chi connectivity index (χ2n) is 4.15. The fraction of sp³-hybridized carbons (Fsp3) is 0.143. The molecule has 0 fully saturated rings. The van der Waals surface area contributed by atoms with E-state index in [9.17, 15) is 0 Å². The number of methoxy groups -OCH3 is 1. The maximum absolute atomic E-state index is 8.72. The van der Waals surface area contributed by atoms with Gasteiger partial charge in [0.15, 0.2) is 5.84 Å². The average molecular weight is 308 g/mol. The summed E-state index contributed by atoms with van der Waals surface area (Å²) in [5.74, 6) is 1.05. The highest BCUT2D eigenvalue weighted by atomic mass is 35.5. The number of pyridine rings is 1. The summed E-state index contributed by atoms with van der Waals surface area (Å²) in [6.45, 7) is 0.314. The number of hydrogen-bond donors (Lipinski definition) is 2. The predicted molar refractivity (Wildman–Crippen MR) is 79.1 cm³/mol. The van der Waals surface area contributed by atoms with Crippen molar-refractivity contribution in [3.63, 3.8) is 0 Å². The zero-order valence-electron chi connectivity index (χ0n) is 11.3. The number of nitrogens with two attached hydrogens (primary N) is 1. The molecule has 0 amide bonds. The molecule has 110 valence electrons. The molecule has 2 rings (SSSR count). The molecule has 0 spiro atoms. The standard InChI is InChI=1S/C14H14ClN3O3/c1-20-13-4-9(2-3-12(13)14(16)18-19)8-21-11-5-10(15)6-17-7-11/h2-7,19H,8H2,1H3,(H2,16,18). The van der Waals surface area contributed by atoms with Crippen molar-refractivity contribution in [1.82, 2.24) is 4.98 Å². The van der Waals surface area contributed by atoms with Crippen LogP contribution in [0.4, 0.5) is 0 Å². The number of nitrogens with zero attached hydrogens (tertiary/aromatic N) is 2. The highest BCUT2D eigenvalue weighted by molar-refractivity contribution is 6.30. The largest absolute Gasteiger partial charge is 0.496 e. The van der Waals surface area contributed by atoms with E-state index in [1.165, 1.54) is 13.3 Å². The van der Waals surface area contributed by atoms with Gasteiger partial charge in [0.1, 0.15) is 18.1 Å². The van der Waals surface area contributed by atoms with Gasteiger partial charge >= 0.3 is 0 Å². The Balaban J connectivity index is 2.14. The molecular formula is C14H14ClN3O3. The number of benzene rings is 1. The highest BCUT2D eigenvalue weighted by Crippen LogP contribution is 2.22. The number of ether oxygens (including phenoxy) is 2. The Bertz CT molecular complexity index is 662. The maximum atomic E-state index is 8.72. The van der Waals surface area contributed by atoms with Crippen molar-refractivity contribution in [2.45, 2.75) is 6.61 Å². The lowest BCUT2D eigenvalue weighted by Crippen LogP contribution is -2.14. The van der Waals surface area contributed by atoms with E-state index in [-0.39, 0.29) is 5.84 Å². The van der Waals surface area contributed by atoms with Gasteiger partial charge in [0.2, 0.25) is 0 Å². The van der Waals surface area contributed by atoms with Gasteiger partial charge in [-0.2, -0.15) is 0 Å². The van der Waals surface area contributed by atoms with Gasteiger partial charge in [-0.05, 0) is 17.7 Å². The van der Waals surface area contributed by atoms with E-state index in [4.69, 9.17) is 32.0 Å². The van der Waals surface area contributed by atoms with Crippen molar-refractivity contribution < 1.29 is 14.7 Å². The molecule has 1 aromatic heterocycles. The Kier molecular flexibility index (Phi) is 4.84. The first-order valence-electron chi connectivity index (χ1n) is 6.02. The first-order chi connectivity index (χ1) is 10.1. The normalized spacial score (nSPS) is 11.2. The summed E-state index contributed by atoms with van der Waals surface area (Å²) in [6, 6.07) is 6.93. The molecule has 2 aromatic rings. The third kappa shape index (κ3) is 3.76. The van der Waals surface area contributed by atoms with Crippen LogP contribution in [0.25, 0.3) is 0 Å². The van der Waals surface area contributed by atoms with Crippen LogP contribution in [0.2, 0.25) is 5.02 Å². The van der Waals surface area contributed by atoms with Crippen LogP contribution in [0, 0.1) is 0 Å². The molecule has 0 radical (unpaired) electrons. The molecule has 1 heterocycles. The van der Waals surface area contributed by atoms with E-state index in [0.717, 1.165) is 5.56 Å². The first kappa shape index (κ1) is 14.9. The summed E-state index contributed by atoms with van der Waals surface area (Å²) in [5.41, 5.74) is 6.94. The Morgan fingerprint density at radius 1 is 1.38 bits per heavy atom. The van der Waals surface area contributed by atoms with Gasteiger partial charge in [-0.3, -0.25) is 4.98 Å². The monoisotopic (exact) mass is 307 g/mol. The Hall–Kier alpha value is -2.47. The highest BCUT2D eigenvalue weighted by Gasteiger charge is 2.09. The van der Waals surface area contributed by atoms with E-state index in [0.29, 0.717) is 28.7 Å². The third-order valence-corrected chi connectivity index (χ3v) is 2.94.